The number of rotatable bonds is 8. The molecule has 3 aromatic rings. The summed E-state index contributed by atoms with van der Waals surface area (Å²) in [6.45, 7) is 2.77. The number of aliphatic hydroxyl groups excluding tert-OH is 1. The second kappa shape index (κ2) is 10.7. The number of alkyl halides is 2. The minimum atomic E-state index is -3.82. The SMILES string of the molecule is C[C@@H](CO)S(=O)(=O)Nc1ccc(C(=O)Nc2cc(N3CCC(F)(F)CC3)c3occc3c2)c(N2CCC3(CC2)CC3)c1. The number of nitrogens with one attached hydrogen (secondary N) is 2. The van der Waals surface area contributed by atoms with Gasteiger partial charge in [-0.05, 0) is 74.4 Å². The van der Waals surface area contributed by atoms with Crippen molar-refractivity contribution in [2.75, 3.05) is 52.6 Å². The van der Waals surface area contributed by atoms with E-state index in [4.69, 9.17) is 4.42 Å². The van der Waals surface area contributed by atoms with Crippen molar-refractivity contribution >= 4 is 49.6 Å². The van der Waals surface area contributed by atoms with E-state index in [0.717, 1.165) is 31.3 Å². The molecule has 1 atom stereocenters. The monoisotopic (exact) mass is 602 g/mol. The van der Waals surface area contributed by atoms with Gasteiger partial charge in [0.15, 0.2) is 5.58 Å². The molecule has 2 aromatic carbocycles. The molecule has 2 saturated heterocycles. The number of aliphatic hydroxyl groups is 1. The van der Waals surface area contributed by atoms with Crippen LogP contribution in [0.5, 0.6) is 0 Å². The number of fused-ring (bicyclic) bond motifs is 1. The van der Waals surface area contributed by atoms with Gasteiger partial charge in [0.2, 0.25) is 10.0 Å². The molecular weight excluding hydrogens is 566 g/mol. The lowest BCUT2D eigenvalue weighted by atomic mass is 9.93. The Morgan fingerprint density at radius 2 is 1.60 bits per heavy atom. The number of nitrogens with zero attached hydrogens (tertiary/aromatic N) is 2. The van der Waals surface area contributed by atoms with E-state index in [1.54, 1.807) is 36.4 Å². The molecule has 3 heterocycles. The van der Waals surface area contributed by atoms with Crippen LogP contribution in [0, 0.1) is 5.41 Å². The molecule has 3 N–H and O–H groups in total. The highest BCUT2D eigenvalue weighted by Crippen LogP contribution is 2.54. The Morgan fingerprint density at radius 3 is 2.26 bits per heavy atom. The fourth-order valence-corrected chi connectivity index (χ4v) is 6.81. The predicted octanol–water partition coefficient (Wildman–Crippen LogP) is 5.42. The van der Waals surface area contributed by atoms with Crippen LogP contribution in [0.4, 0.5) is 31.5 Å². The number of carbonyl (C=O) groups is 1. The summed E-state index contributed by atoms with van der Waals surface area (Å²) in [4.78, 5) is 17.8. The molecule has 3 aliphatic rings. The fourth-order valence-electron chi connectivity index (χ4n) is 5.95. The number of halogens is 2. The van der Waals surface area contributed by atoms with E-state index in [0.29, 0.717) is 39.3 Å². The first-order chi connectivity index (χ1) is 20.0. The zero-order valence-corrected chi connectivity index (χ0v) is 24.4. The number of benzene rings is 2. The van der Waals surface area contributed by atoms with Gasteiger partial charge in [0.1, 0.15) is 5.25 Å². The summed E-state index contributed by atoms with van der Waals surface area (Å²) in [7, 11) is -3.82. The van der Waals surface area contributed by atoms with Gasteiger partial charge >= 0.3 is 0 Å². The molecule has 226 valence electrons. The summed E-state index contributed by atoms with van der Waals surface area (Å²) < 4.78 is 61.2. The summed E-state index contributed by atoms with van der Waals surface area (Å²) >= 11 is 0. The maximum absolute atomic E-state index is 13.8. The molecular formula is C30H36F2N4O5S. The summed E-state index contributed by atoms with van der Waals surface area (Å²) in [5.74, 6) is -3.06. The van der Waals surface area contributed by atoms with Crippen LogP contribution in [0.3, 0.4) is 0 Å². The first-order valence-corrected chi connectivity index (χ1v) is 16.0. The molecule has 3 fully saturated rings. The third-order valence-electron chi connectivity index (χ3n) is 9.04. The first-order valence-electron chi connectivity index (χ1n) is 14.4. The van der Waals surface area contributed by atoms with Crippen molar-refractivity contribution in [2.45, 2.75) is 56.6 Å². The first kappa shape index (κ1) is 28.7. The molecule has 0 unspecified atom stereocenters. The Morgan fingerprint density at radius 1 is 0.952 bits per heavy atom. The van der Waals surface area contributed by atoms with Crippen molar-refractivity contribution in [3.8, 4) is 0 Å². The number of amides is 1. The second-order valence-electron chi connectivity index (χ2n) is 12.0. The molecule has 1 saturated carbocycles. The van der Waals surface area contributed by atoms with Crippen LogP contribution in [0.1, 0.15) is 55.8 Å². The average Bonchev–Trinajstić information content (AvgIpc) is 3.53. The summed E-state index contributed by atoms with van der Waals surface area (Å²) in [6.07, 6.45) is 5.51. The topological polar surface area (TPSA) is 115 Å². The van der Waals surface area contributed by atoms with Crippen molar-refractivity contribution in [2.24, 2.45) is 5.41 Å². The number of furan rings is 1. The highest BCUT2D eigenvalue weighted by molar-refractivity contribution is 7.93. The largest absolute Gasteiger partial charge is 0.462 e. The van der Waals surface area contributed by atoms with Gasteiger partial charge in [0, 0.05) is 50.1 Å². The van der Waals surface area contributed by atoms with Gasteiger partial charge in [-0.3, -0.25) is 9.52 Å². The molecule has 1 spiro atoms. The van der Waals surface area contributed by atoms with Gasteiger partial charge in [-0.25, -0.2) is 17.2 Å². The fraction of sp³-hybridized carbons (Fsp3) is 0.500. The van der Waals surface area contributed by atoms with Crippen LogP contribution in [0.15, 0.2) is 47.1 Å². The molecule has 1 amide bonds. The number of piperidine rings is 2. The van der Waals surface area contributed by atoms with E-state index in [2.05, 4.69) is 14.9 Å². The lowest BCUT2D eigenvalue weighted by molar-refractivity contribution is -0.0220. The summed E-state index contributed by atoms with van der Waals surface area (Å²) in [6, 6.07) is 10.1. The van der Waals surface area contributed by atoms with Crippen LogP contribution >= 0.6 is 0 Å². The molecule has 0 radical (unpaired) electrons. The summed E-state index contributed by atoms with van der Waals surface area (Å²) in [5.41, 5.74) is 3.48. The highest BCUT2D eigenvalue weighted by atomic mass is 32.2. The van der Waals surface area contributed by atoms with Crippen molar-refractivity contribution in [1.29, 1.82) is 0 Å². The zero-order chi connectivity index (χ0) is 29.7. The van der Waals surface area contributed by atoms with Crippen LogP contribution in [-0.4, -0.2) is 63.4 Å². The number of hydrogen-bond acceptors (Lipinski definition) is 7. The summed E-state index contributed by atoms with van der Waals surface area (Å²) in [5, 5.41) is 12.1. The zero-order valence-electron chi connectivity index (χ0n) is 23.5. The molecule has 0 bridgehead atoms. The average molecular weight is 603 g/mol. The number of anilines is 4. The van der Waals surface area contributed by atoms with Crippen LogP contribution in [0.2, 0.25) is 0 Å². The minimum Gasteiger partial charge on any atom is -0.462 e. The highest BCUT2D eigenvalue weighted by Gasteiger charge is 2.44. The van der Waals surface area contributed by atoms with E-state index in [-0.39, 0.29) is 31.8 Å². The number of hydrogen-bond donors (Lipinski definition) is 3. The minimum absolute atomic E-state index is 0.174. The standard InChI is InChI=1S/C30H36F2N4O5S/c1-20(19-37)42(39,40)34-22-2-3-24(25(17-22)35-11-7-29(5-6-29)8-12-35)28(38)33-23-16-21-4-15-41-27(21)26(18-23)36-13-9-30(31,32)10-14-36/h2-4,15-18,20,34,37H,5-14,19H2,1H3,(H,33,38)/t20-/m0/s1. The second-order valence-corrected chi connectivity index (χ2v) is 14.1. The van der Waals surface area contributed by atoms with Gasteiger partial charge in [-0.2, -0.15) is 0 Å². The number of carbonyl (C=O) groups excluding carboxylic acids is 1. The molecule has 12 heteroatoms. The van der Waals surface area contributed by atoms with Crippen molar-refractivity contribution < 1.29 is 31.5 Å². The van der Waals surface area contributed by atoms with E-state index in [1.807, 2.05) is 4.90 Å². The molecule has 6 rings (SSSR count). The van der Waals surface area contributed by atoms with Crippen molar-refractivity contribution in [1.82, 2.24) is 0 Å². The van der Waals surface area contributed by atoms with Gasteiger partial charge in [-0.15, -0.1) is 0 Å². The van der Waals surface area contributed by atoms with Crippen LogP contribution < -0.4 is 19.8 Å². The Balaban J connectivity index is 1.29. The maximum atomic E-state index is 13.8. The van der Waals surface area contributed by atoms with E-state index in [1.165, 1.54) is 26.0 Å². The van der Waals surface area contributed by atoms with Gasteiger partial charge in [-0.1, -0.05) is 0 Å². The smallest absolute Gasteiger partial charge is 0.257 e. The number of sulfonamides is 1. The van der Waals surface area contributed by atoms with Crippen LogP contribution in [-0.2, 0) is 10.0 Å². The molecule has 42 heavy (non-hydrogen) atoms. The lowest BCUT2D eigenvalue weighted by Gasteiger charge is -2.35. The maximum Gasteiger partial charge on any atom is 0.257 e. The Hall–Kier alpha value is -3.38. The predicted molar refractivity (Wildman–Crippen MR) is 159 cm³/mol. The quantitative estimate of drug-likeness (QED) is 0.315. The molecule has 2 aliphatic heterocycles. The van der Waals surface area contributed by atoms with E-state index in [9.17, 15) is 27.1 Å². The molecule has 9 nitrogen and oxygen atoms in total. The van der Waals surface area contributed by atoms with Gasteiger partial charge in [0.25, 0.3) is 11.8 Å². The van der Waals surface area contributed by atoms with E-state index >= 15 is 0 Å². The van der Waals surface area contributed by atoms with Crippen LogP contribution in [0.25, 0.3) is 11.0 Å². The van der Waals surface area contributed by atoms with Gasteiger partial charge in [0.05, 0.1) is 35.5 Å². The third-order valence-corrected chi connectivity index (χ3v) is 10.8. The third kappa shape index (κ3) is 5.78. The Bertz CT molecular complexity index is 1580. The Kier molecular flexibility index (Phi) is 7.33. The molecule has 1 aliphatic carbocycles. The Labute approximate surface area is 243 Å². The lowest BCUT2D eigenvalue weighted by Crippen LogP contribution is -2.39. The normalized spacial score (nSPS) is 20.5. The van der Waals surface area contributed by atoms with Crippen molar-refractivity contribution in [3.05, 3.63) is 48.2 Å². The molecule has 1 aromatic heterocycles. The van der Waals surface area contributed by atoms with E-state index < -0.39 is 27.8 Å². The van der Waals surface area contributed by atoms with Crippen molar-refractivity contribution in [3.63, 3.8) is 0 Å². The van der Waals surface area contributed by atoms with Gasteiger partial charge < -0.3 is 24.6 Å².